The number of alkyl carbamates (subject to hydrolysis) is 1. The normalized spacial score (nSPS) is 24.0. The van der Waals surface area contributed by atoms with Gasteiger partial charge in [-0.3, -0.25) is 19.2 Å². The van der Waals surface area contributed by atoms with Gasteiger partial charge < -0.3 is 20.3 Å². The summed E-state index contributed by atoms with van der Waals surface area (Å²) in [6, 6.07) is -1.91. The van der Waals surface area contributed by atoms with Crippen LogP contribution in [0.4, 0.5) is 4.79 Å². The fourth-order valence-corrected chi connectivity index (χ4v) is 4.68. The van der Waals surface area contributed by atoms with E-state index in [-0.39, 0.29) is 24.3 Å². The summed E-state index contributed by atoms with van der Waals surface area (Å²) < 4.78 is 5.79. The second-order valence-corrected chi connectivity index (χ2v) is 11.1. The van der Waals surface area contributed by atoms with Gasteiger partial charge in [-0.1, -0.05) is 58.6 Å². The summed E-state index contributed by atoms with van der Waals surface area (Å²) in [5.74, 6) is -1.53. The molecule has 39 heavy (non-hydrogen) atoms. The van der Waals surface area contributed by atoms with Crippen molar-refractivity contribution >= 4 is 23.8 Å². The number of hydrogen-bond donors (Lipinski definition) is 2. The number of carbonyl (C=O) groups excluding carboxylic acids is 4. The van der Waals surface area contributed by atoms with Gasteiger partial charge in [0.05, 0.1) is 7.11 Å². The average molecular weight is 553 g/mol. The number of rotatable bonds is 11. The van der Waals surface area contributed by atoms with Crippen molar-refractivity contribution < 1.29 is 28.8 Å². The molecule has 3 unspecified atom stereocenters. The van der Waals surface area contributed by atoms with E-state index in [1.165, 1.54) is 25.5 Å². The van der Waals surface area contributed by atoms with Crippen molar-refractivity contribution in [2.45, 2.75) is 110 Å². The summed E-state index contributed by atoms with van der Waals surface area (Å²) in [6.07, 6.45) is 11.6. The van der Waals surface area contributed by atoms with E-state index in [2.05, 4.69) is 17.6 Å². The van der Waals surface area contributed by atoms with Crippen LogP contribution in [-0.4, -0.2) is 80.2 Å². The smallest absolute Gasteiger partial charge is 0.408 e. The summed E-state index contributed by atoms with van der Waals surface area (Å²) in [6.45, 7) is 6.08. The van der Waals surface area contributed by atoms with Crippen LogP contribution in [0.1, 0.15) is 91.4 Å². The predicted octanol–water partition coefficient (Wildman–Crippen LogP) is 4.20. The largest absolute Gasteiger partial charge is 0.446 e. The Bertz CT molecular complexity index is 801. The van der Waals surface area contributed by atoms with Gasteiger partial charge in [-0.25, -0.2) is 9.86 Å². The highest BCUT2D eigenvalue weighted by atomic mass is 16.7. The van der Waals surface area contributed by atoms with Crippen LogP contribution >= 0.6 is 0 Å². The second-order valence-electron chi connectivity index (χ2n) is 11.1. The van der Waals surface area contributed by atoms with Gasteiger partial charge in [0.25, 0.3) is 5.91 Å². The number of hydrogen-bond acceptors (Lipinski definition) is 6. The van der Waals surface area contributed by atoms with Crippen molar-refractivity contribution in [3.8, 4) is 0 Å². The first-order chi connectivity index (χ1) is 18.5. The molecule has 1 aliphatic rings. The molecule has 10 nitrogen and oxygen atoms in total. The molecule has 1 aliphatic heterocycles. The van der Waals surface area contributed by atoms with Crippen LogP contribution in [0.3, 0.4) is 0 Å². The Kier molecular flexibility index (Phi) is 16.4. The molecule has 224 valence electrons. The van der Waals surface area contributed by atoms with Crippen LogP contribution in [0.25, 0.3) is 0 Å². The van der Waals surface area contributed by atoms with Crippen molar-refractivity contribution in [3.63, 3.8) is 0 Å². The highest BCUT2D eigenvalue weighted by Gasteiger charge is 2.33. The van der Waals surface area contributed by atoms with E-state index >= 15 is 0 Å². The number of nitrogens with zero attached hydrogens (tertiary/aromatic N) is 2. The third-order valence-electron chi connectivity index (χ3n) is 6.97. The first-order valence-electron chi connectivity index (χ1n) is 14.4. The Balaban J connectivity index is 3.26. The topological polar surface area (TPSA) is 117 Å². The number of amides is 4. The molecule has 0 saturated heterocycles. The second kappa shape index (κ2) is 18.6. The maximum Gasteiger partial charge on any atom is 0.408 e. The van der Waals surface area contributed by atoms with E-state index in [1.54, 1.807) is 14.1 Å². The number of cyclic esters (lactones) is 1. The molecule has 0 aliphatic carbocycles. The lowest BCUT2D eigenvalue weighted by Gasteiger charge is -2.29. The number of hydroxylamine groups is 2. The van der Waals surface area contributed by atoms with Crippen molar-refractivity contribution in [1.29, 1.82) is 0 Å². The minimum atomic E-state index is -1.02. The van der Waals surface area contributed by atoms with Crippen molar-refractivity contribution in [2.24, 2.45) is 11.8 Å². The maximum atomic E-state index is 13.4. The number of ether oxygens (including phenoxy) is 1. The van der Waals surface area contributed by atoms with Gasteiger partial charge in [-0.2, -0.15) is 0 Å². The number of unbranched alkanes of at least 4 members (excludes halogenated alkanes) is 4. The summed E-state index contributed by atoms with van der Waals surface area (Å²) >= 11 is 0. The third kappa shape index (κ3) is 13.3. The van der Waals surface area contributed by atoms with Gasteiger partial charge in [0, 0.05) is 27.1 Å². The van der Waals surface area contributed by atoms with Gasteiger partial charge in [0.15, 0.2) is 0 Å². The Morgan fingerprint density at radius 3 is 2.36 bits per heavy atom. The molecule has 1 rings (SSSR count). The fraction of sp³-hybridized carbons (Fsp3) is 0.793. The van der Waals surface area contributed by atoms with E-state index in [1.807, 2.05) is 26.0 Å². The number of likely N-dealkylation sites (N-methyl/N-ethyl adjacent to an activating group) is 1. The van der Waals surface area contributed by atoms with Gasteiger partial charge in [-0.15, -0.1) is 0 Å². The minimum absolute atomic E-state index is 0.0961. The maximum absolute atomic E-state index is 13.4. The Hall–Kier alpha value is -2.62. The molecule has 4 atom stereocenters. The molecule has 0 fully saturated rings. The van der Waals surface area contributed by atoms with Crippen LogP contribution in [0.5, 0.6) is 0 Å². The Morgan fingerprint density at radius 1 is 1.05 bits per heavy atom. The van der Waals surface area contributed by atoms with E-state index in [9.17, 15) is 19.2 Å². The molecular formula is C29H52N4O6. The lowest BCUT2D eigenvalue weighted by atomic mass is 9.93. The van der Waals surface area contributed by atoms with E-state index in [0.717, 1.165) is 37.2 Å². The molecular weight excluding hydrogens is 500 g/mol. The third-order valence-corrected chi connectivity index (χ3v) is 6.97. The van der Waals surface area contributed by atoms with E-state index < -0.39 is 35.9 Å². The first kappa shape index (κ1) is 34.4. The monoisotopic (exact) mass is 552 g/mol. The zero-order valence-corrected chi connectivity index (χ0v) is 25.2. The molecule has 10 heteroatoms. The molecule has 1 heterocycles. The predicted molar refractivity (Wildman–Crippen MR) is 152 cm³/mol. The summed E-state index contributed by atoms with van der Waals surface area (Å²) in [4.78, 5) is 59.1. The summed E-state index contributed by atoms with van der Waals surface area (Å²) in [5.41, 5.74) is 0. The van der Waals surface area contributed by atoms with Crippen molar-refractivity contribution in [1.82, 2.24) is 20.6 Å². The van der Waals surface area contributed by atoms with E-state index in [4.69, 9.17) is 9.57 Å². The van der Waals surface area contributed by atoms with E-state index in [0.29, 0.717) is 25.7 Å². The molecule has 0 spiro atoms. The zero-order chi connectivity index (χ0) is 29.4. The Labute approximate surface area is 235 Å². The van der Waals surface area contributed by atoms with Gasteiger partial charge in [0.1, 0.15) is 18.2 Å². The fourth-order valence-electron chi connectivity index (χ4n) is 4.68. The van der Waals surface area contributed by atoms with Gasteiger partial charge in [-0.05, 0) is 50.9 Å². The quantitative estimate of drug-likeness (QED) is 0.225. The number of carbonyl (C=O) groups is 4. The van der Waals surface area contributed by atoms with Crippen molar-refractivity contribution in [3.05, 3.63) is 12.2 Å². The molecule has 0 aromatic heterocycles. The van der Waals surface area contributed by atoms with Crippen molar-refractivity contribution in [2.75, 3.05) is 28.3 Å². The zero-order valence-electron chi connectivity index (χ0n) is 25.2. The molecule has 0 saturated carbocycles. The van der Waals surface area contributed by atoms with Crippen LogP contribution in [0.15, 0.2) is 12.2 Å². The van der Waals surface area contributed by atoms with Crippen LogP contribution in [-0.2, 0) is 24.0 Å². The molecule has 0 radical (unpaired) electrons. The first-order valence-corrected chi connectivity index (χ1v) is 14.4. The molecule has 0 aromatic carbocycles. The lowest BCUT2D eigenvalue weighted by Crippen LogP contribution is -2.55. The minimum Gasteiger partial charge on any atom is -0.446 e. The molecule has 2 N–H and O–H groups in total. The van der Waals surface area contributed by atoms with Crippen LogP contribution in [0.2, 0.25) is 0 Å². The summed E-state index contributed by atoms with van der Waals surface area (Å²) in [7, 11) is 6.16. The van der Waals surface area contributed by atoms with Gasteiger partial charge in [0.2, 0.25) is 11.8 Å². The summed E-state index contributed by atoms with van der Waals surface area (Å²) in [5, 5.41) is 6.57. The lowest BCUT2D eigenvalue weighted by molar-refractivity contribution is -0.172. The standard InChI is InChI=1S/C29H52N4O6/c1-8-9-10-11-14-17-23-18-15-12-13-16-22(27(35)32(4)5)20-25(28(36)33(6)38-7)30-26(34)24(19-21(2)3)31-29(37)39-23/h12-13,21-25H,8-11,14-20H2,1-7H3,(H,30,34)(H,31,37)/b13-12+/t22?,23?,24?,25-/m0/s1. The molecule has 0 aromatic rings. The molecule has 4 amide bonds. The number of nitrogens with one attached hydrogen (secondary N) is 2. The highest BCUT2D eigenvalue weighted by Crippen LogP contribution is 2.20. The molecule has 0 bridgehead atoms. The van der Waals surface area contributed by atoms with Gasteiger partial charge >= 0.3 is 6.09 Å². The van der Waals surface area contributed by atoms with Crippen LogP contribution in [0, 0.1) is 11.8 Å². The number of allylic oxidation sites excluding steroid dienone is 2. The highest BCUT2D eigenvalue weighted by molar-refractivity contribution is 5.91. The SMILES string of the molecule is CCCCCCCC1CC/C=C/CC(C(=O)N(C)C)C[C@@H](C(=O)N(C)OC)NC(=O)C(CC(C)C)NC(=O)O1. The van der Waals surface area contributed by atoms with Crippen LogP contribution < -0.4 is 10.6 Å². The average Bonchev–Trinajstić information content (AvgIpc) is 2.88. The Morgan fingerprint density at radius 2 is 1.74 bits per heavy atom.